The number of nitrogens with one attached hydrogen (secondary N) is 1. The van der Waals surface area contributed by atoms with Crippen LogP contribution in [0.4, 0.5) is 0 Å². The lowest BCUT2D eigenvalue weighted by Crippen LogP contribution is -2.35. The summed E-state index contributed by atoms with van der Waals surface area (Å²) in [5.74, 6) is -0.0874. The number of carbonyl (C=O) groups is 1. The molecule has 0 aliphatic carbocycles. The van der Waals surface area contributed by atoms with Crippen LogP contribution in [0.25, 0.3) is 0 Å². The number of methoxy groups -OCH3 is 1. The molecule has 0 saturated carbocycles. The Morgan fingerprint density at radius 2 is 1.81 bits per heavy atom. The molecule has 88 valence electrons. The van der Waals surface area contributed by atoms with E-state index in [1.54, 1.807) is 6.92 Å². The van der Waals surface area contributed by atoms with Gasteiger partial charge in [0.1, 0.15) is 6.10 Å². The first-order valence-electron chi connectivity index (χ1n) is 5.44. The number of carbonyl (C=O) groups excluding carboxylic acids is 1. The minimum absolute atomic E-state index is 0.00528. The van der Waals surface area contributed by atoms with Crippen molar-refractivity contribution in [2.75, 3.05) is 7.11 Å². The quantitative estimate of drug-likeness (QED) is 0.846. The van der Waals surface area contributed by atoms with Crippen molar-refractivity contribution >= 4 is 5.91 Å². The van der Waals surface area contributed by atoms with Crippen LogP contribution < -0.4 is 5.32 Å². The van der Waals surface area contributed by atoms with Crippen molar-refractivity contribution in [1.82, 2.24) is 5.32 Å². The van der Waals surface area contributed by atoms with Crippen LogP contribution in [0.15, 0.2) is 24.3 Å². The van der Waals surface area contributed by atoms with Crippen molar-refractivity contribution in [1.29, 1.82) is 0 Å². The third kappa shape index (κ3) is 3.35. The standard InChI is InChI=1S/C13H19NO2/c1-9-5-7-12(8-6-9)10(2)14-13(15)11(3)16-4/h5-8,10-11H,1-4H3,(H,14,15)/t10-,11?/m0/s1. The highest BCUT2D eigenvalue weighted by Crippen LogP contribution is 2.13. The molecular formula is C13H19NO2. The Balaban J connectivity index is 2.62. The average Bonchev–Trinajstić information content (AvgIpc) is 2.28. The highest BCUT2D eigenvalue weighted by molar-refractivity contribution is 5.80. The van der Waals surface area contributed by atoms with E-state index >= 15 is 0 Å². The first-order chi connectivity index (χ1) is 7.54. The second-order valence-corrected chi connectivity index (χ2v) is 4.02. The molecule has 1 N–H and O–H groups in total. The summed E-state index contributed by atoms with van der Waals surface area (Å²) >= 11 is 0. The molecule has 0 aromatic heterocycles. The zero-order valence-electron chi connectivity index (χ0n) is 10.3. The van der Waals surface area contributed by atoms with Crippen molar-refractivity contribution in [3.63, 3.8) is 0 Å². The number of aryl methyl sites for hydroxylation is 1. The van der Waals surface area contributed by atoms with Gasteiger partial charge in [0, 0.05) is 7.11 Å². The fraction of sp³-hybridized carbons (Fsp3) is 0.462. The minimum Gasteiger partial charge on any atom is -0.372 e. The summed E-state index contributed by atoms with van der Waals surface area (Å²) in [6.07, 6.45) is -0.409. The van der Waals surface area contributed by atoms with Crippen LogP contribution in [-0.4, -0.2) is 19.1 Å². The second-order valence-electron chi connectivity index (χ2n) is 4.02. The van der Waals surface area contributed by atoms with Gasteiger partial charge in [0.2, 0.25) is 5.91 Å². The van der Waals surface area contributed by atoms with Crippen molar-refractivity contribution in [2.45, 2.75) is 32.9 Å². The summed E-state index contributed by atoms with van der Waals surface area (Å²) in [6, 6.07) is 8.14. The first kappa shape index (κ1) is 12.7. The van der Waals surface area contributed by atoms with Gasteiger partial charge in [0.05, 0.1) is 6.04 Å². The summed E-state index contributed by atoms with van der Waals surface area (Å²) in [5.41, 5.74) is 2.31. The third-order valence-electron chi connectivity index (χ3n) is 2.66. The molecule has 1 rings (SSSR count). The summed E-state index contributed by atoms with van der Waals surface area (Å²) in [7, 11) is 1.53. The van der Waals surface area contributed by atoms with E-state index in [0.29, 0.717) is 0 Å². The van der Waals surface area contributed by atoms with Crippen LogP contribution in [0.1, 0.15) is 31.0 Å². The number of rotatable bonds is 4. The van der Waals surface area contributed by atoms with E-state index in [2.05, 4.69) is 5.32 Å². The van der Waals surface area contributed by atoms with E-state index in [9.17, 15) is 4.79 Å². The zero-order chi connectivity index (χ0) is 12.1. The van der Waals surface area contributed by atoms with E-state index in [1.165, 1.54) is 12.7 Å². The highest BCUT2D eigenvalue weighted by Gasteiger charge is 2.14. The smallest absolute Gasteiger partial charge is 0.249 e. The van der Waals surface area contributed by atoms with Gasteiger partial charge in [0.15, 0.2) is 0 Å². The fourth-order valence-electron chi connectivity index (χ4n) is 1.38. The van der Waals surface area contributed by atoms with Crippen molar-refractivity contribution in [2.24, 2.45) is 0 Å². The molecule has 1 aromatic rings. The Morgan fingerprint density at radius 3 is 2.31 bits per heavy atom. The molecule has 0 heterocycles. The number of hydrogen-bond acceptors (Lipinski definition) is 2. The van der Waals surface area contributed by atoms with E-state index < -0.39 is 6.10 Å². The molecule has 0 bridgehead atoms. The first-order valence-corrected chi connectivity index (χ1v) is 5.44. The molecule has 1 amide bonds. The average molecular weight is 221 g/mol. The summed E-state index contributed by atoms with van der Waals surface area (Å²) < 4.78 is 4.96. The van der Waals surface area contributed by atoms with E-state index in [1.807, 2.05) is 38.1 Å². The molecule has 0 spiro atoms. The van der Waals surface area contributed by atoms with Gasteiger partial charge in [-0.3, -0.25) is 4.79 Å². The monoisotopic (exact) mass is 221 g/mol. The van der Waals surface area contributed by atoms with Crippen molar-refractivity contribution in [3.05, 3.63) is 35.4 Å². The molecule has 0 fully saturated rings. The normalized spacial score (nSPS) is 14.2. The van der Waals surface area contributed by atoms with Gasteiger partial charge in [-0.2, -0.15) is 0 Å². The fourth-order valence-corrected chi connectivity index (χ4v) is 1.38. The molecule has 3 nitrogen and oxygen atoms in total. The predicted octanol–water partition coefficient (Wildman–Crippen LogP) is 2.21. The number of benzene rings is 1. The summed E-state index contributed by atoms with van der Waals surface area (Å²) in [6.45, 7) is 5.74. The summed E-state index contributed by atoms with van der Waals surface area (Å²) in [5, 5.41) is 2.90. The maximum Gasteiger partial charge on any atom is 0.249 e. The number of ether oxygens (including phenoxy) is 1. The lowest BCUT2D eigenvalue weighted by Gasteiger charge is -2.17. The molecule has 16 heavy (non-hydrogen) atoms. The molecule has 1 aromatic carbocycles. The van der Waals surface area contributed by atoms with E-state index in [-0.39, 0.29) is 11.9 Å². The third-order valence-corrected chi connectivity index (χ3v) is 2.66. The van der Waals surface area contributed by atoms with Crippen LogP contribution in [0.5, 0.6) is 0 Å². The number of amides is 1. The SMILES string of the molecule is COC(C)C(=O)N[C@@H](C)c1ccc(C)cc1. The van der Waals surface area contributed by atoms with E-state index in [4.69, 9.17) is 4.74 Å². The van der Waals surface area contributed by atoms with Gasteiger partial charge >= 0.3 is 0 Å². The van der Waals surface area contributed by atoms with Crippen molar-refractivity contribution in [3.8, 4) is 0 Å². The topological polar surface area (TPSA) is 38.3 Å². The maximum atomic E-state index is 11.6. The second kappa shape index (κ2) is 5.66. The van der Waals surface area contributed by atoms with Crippen molar-refractivity contribution < 1.29 is 9.53 Å². The van der Waals surface area contributed by atoms with Crippen LogP contribution in [-0.2, 0) is 9.53 Å². The largest absolute Gasteiger partial charge is 0.372 e. The van der Waals surface area contributed by atoms with Gasteiger partial charge in [-0.05, 0) is 26.3 Å². The van der Waals surface area contributed by atoms with Crippen LogP contribution in [0.2, 0.25) is 0 Å². The Morgan fingerprint density at radius 1 is 1.25 bits per heavy atom. The van der Waals surface area contributed by atoms with E-state index in [0.717, 1.165) is 5.56 Å². The maximum absolute atomic E-state index is 11.6. The Kier molecular flexibility index (Phi) is 4.50. The Labute approximate surface area is 96.8 Å². The highest BCUT2D eigenvalue weighted by atomic mass is 16.5. The predicted molar refractivity (Wildman–Crippen MR) is 64.2 cm³/mol. The Hall–Kier alpha value is -1.35. The van der Waals surface area contributed by atoms with Gasteiger partial charge in [-0.25, -0.2) is 0 Å². The molecule has 1 unspecified atom stereocenters. The molecule has 0 saturated heterocycles. The van der Waals surface area contributed by atoms with Crippen LogP contribution >= 0.6 is 0 Å². The molecule has 2 atom stereocenters. The van der Waals surface area contributed by atoms with Gasteiger partial charge in [0.25, 0.3) is 0 Å². The van der Waals surface area contributed by atoms with Crippen LogP contribution in [0, 0.1) is 6.92 Å². The zero-order valence-corrected chi connectivity index (χ0v) is 10.3. The summed E-state index contributed by atoms with van der Waals surface area (Å²) in [4.78, 5) is 11.6. The molecule has 0 aliphatic heterocycles. The van der Waals surface area contributed by atoms with Gasteiger partial charge in [-0.15, -0.1) is 0 Å². The minimum atomic E-state index is -0.409. The van der Waals surface area contributed by atoms with Gasteiger partial charge in [-0.1, -0.05) is 29.8 Å². The molecular weight excluding hydrogens is 202 g/mol. The lowest BCUT2D eigenvalue weighted by molar-refractivity contribution is -0.130. The Bertz CT molecular complexity index is 345. The molecule has 3 heteroatoms. The molecule has 0 aliphatic rings. The molecule has 0 radical (unpaired) electrons. The lowest BCUT2D eigenvalue weighted by atomic mass is 10.1. The van der Waals surface area contributed by atoms with Gasteiger partial charge < -0.3 is 10.1 Å². The number of hydrogen-bond donors (Lipinski definition) is 1. The van der Waals surface area contributed by atoms with Crippen LogP contribution in [0.3, 0.4) is 0 Å².